The lowest BCUT2D eigenvalue weighted by Gasteiger charge is -2.45. The second-order valence-corrected chi connectivity index (χ2v) is 11.7. The van der Waals surface area contributed by atoms with Crippen LogP contribution in [-0.4, -0.2) is 62.0 Å². The fraction of sp³-hybridized carbons (Fsp3) is 0.679. The Morgan fingerprint density at radius 2 is 1.78 bits per heavy atom. The van der Waals surface area contributed by atoms with Gasteiger partial charge in [0.2, 0.25) is 0 Å². The highest BCUT2D eigenvalue weighted by Crippen LogP contribution is 2.49. The molecule has 0 bridgehead atoms. The van der Waals surface area contributed by atoms with E-state index in [1.54, 1.807) is 4.90 Å². The molecule has 0 spiro atoms. The quantitative estimate of drug-likeness (QED) is 0.544. The Balaban J connectivity index is 1.64. The molecule has 1 heterocycles. The van der Waals surface area contributed by atoms with Gasteiger partial charge in [-0.15, -0.1) is 0 Å². The number of carbonyl (C=O) groups excluding carboxylic acids is 2. The Hall–Kier alpha value is -2.63. The second kappa shape index (κ2) is 12.6. The van der Waals surface area contributed by atoms with Crippen molar-refractivity contribution in [1.82, 2.24) is 10.2 Å². The maximum absolute atomic E-state index is 13.3. The van der Waals surface area contributed by atoms with Crippen LogP contribution >= 0.6 is 0 Å². The van der Waals surface area contributed by atoms with E-state index >= 15 is 0 Å². The summed E-state index contributed by atoms with van der Waals surface area (Å²) in [4.78, 5) is 27.8. The molecule has 1 aromatic rings. The van der Waals surface area contributed by atoms with E-state index in [-0.39, 0.29) is 23.4 Å². The van der Waals surface area contributed by atoms with Gasteiger partial charge in [0.25, 0.3) is 5.91 Å². The van der Waals surface area contributed by atoms with Crippen molar-refractivity contribution >= 4 is 12.0 Å². The van der Waals surface area contributed by atoms with Gasteiger partial charge in [-0.25, -0.2) is 4.79 Å². The fourth-order valence-electron chi connectivity index (χ4n) is 5.94. The molecule has 3 rings (SSSR count). The summed E-state index contributed by atoms with van der Waals surface area (Å²) in [6.07, 6.45) is 1.96. The molecule has 0 radical (unpaired) electrons. The van der Waals surface area contributed by atoms with Crippen molar-refractivity contribution in [2.75, 3.05) is 32.9 Å². The maximum atomic E-state index is 13.3. The predicted octanol–water partition coefficient (Wildman–Crippen LogP) is 4.29. The van der Waals surface area contributed by atoms with E-state index in [1.165, 1.54) is 0 Å². The molecule has 198 valence electrons. The van der Waals surface area contributed by atoms with Gasteiger partial charge in [0, 0.05) is 13.1 Å². The van der Waals surface area contributed by atoms with Crippen molar-refractivity contribution in [3.8, 4) is 6.07 Å². The number of rotatable bonds is 9. The number of nitriles is 1. The van der Waals surface area contributed by atoms with Gasteiger partial charge in [0.05, 0.1) is 32.5 Å². The van der Waals surface area contributed by atoms with E-state index in [2.05, 4.69) is 39.1 Å². The molecule has 36 heavy (non-hydrogen) atoms. The standard InChI is InChI=1S/C28H41N3O5/c1-27(2)15-22(16-28(3,4)20-27)14-24(36-26(33)31-10-12-34-13-11-31)25(32)30-23(17-29)19-35-18-21-8-6-5-7-9-21/h5-9,22-24H,10-16,18-20H2,1-4H3,(H,30,32). The number of nitrogens with zero attached hydrogens (tertiary/aromatic N) is 2. The smallest absolute Gasteiger partial charge is 0.410 e. The third kappa shape index (κ3) is 8.79. The number of hydrogen-bond acceptors (Lipinski definition) is 6. The van der Waals surface area contributed by atoms with Crippen molar-refractivity contribution in [1.29, 1.82) is 5.26 Å². The number of morpholine rings is 1. The second-order valence-electron chi connectivity index (χ2n) is 11.7. The highest BCUT2D eigenvalue weighted by Gasteiger charge is 2.41. The molecule has 2 amide bonds. The molecule has 2 fully saturated rings. The molecule has 2 atom stereocenters. The van der Waals surface area contributed by atoms with Crippen LogP contribution in [0.4, 0.5) is 4.79 Å². The monoisotopic (exact) mass is 499 g/mol. The molecule has 2 aliphatic rings. The largest absolute Gasteiger partial charge is 0.436 e. The number of ether oxygens (including phenoxy) is 3. The van der Waals surface area contributed by atoms with E-state index in [0.717, 1.165) is 24.8 Å². The van der Waals surface area contributed by atoms with Crippen LogP contribution in [0.2, 0.25) is 0 Å². The average molecular weight is 500 g/mol. The molecule has 1 N–H and O–H groups in total. The lowest BCUT2D eigenvalue weighted by molar-refractivity contribution is -0.132. The molecule has 1 saturated carbocycles. The first-order valence-electron chi connectivity index (χ1n) is 12.9. The zero-order chi connectivity index (χ0) is 26.2. The van der Waals surface area contributed by atoms with E-state index in [1.807, 2.05) is 30.3 Å². The Bertz CT molecular complexity index is 890. The van der Waals surface area contributed by atoms with Crippen LogP contribution in [0.1, 0.15) is 58.9 Å². The molecule has 1 aliphatic heterocycles. The summed E-state index contributed by atoms with van der Waals surface area (Å²) in [5.74, 6) is -0.223. The van der Waals surface area contributed by atoms with Crippen molar-refractivity contribution in [3.05, 3.63) is 35.9 Å². The minimum Gasteiger partial charge on any atom is -0.436 e. The van der Waals surface area contributed by atoms with Crippen molar-refractivity contribution in [3.63, 3.8) is 0 Å². The summed E-state index contributed by atoms with van der Waals surface area (Å²) >= 11 is 0. The Labute approximate surface area is 215 Å². The van der Waals surface area contributed by atoms with Crippen LogP contribution in [0.15, 0.2) is 30.3 Å². The number of nitrogens with one attached hydrogen (secondary N) is 1. The van der Waals surface area contributed by atoms with Gasteiger partial charge in [-0.1, -0.05) is 58.0 Å². The van der Waals surface area contributed by atoms with Crippen LogP contribution in [0.25, 0.3) is 0 Å². The first kappa shape index (κ1) is 27.9. The zero-order valence-electron chi connectivity index (χ0n) is 22.1. The highest BCUT2D eigenvalue weighted by molar-refractivity contribution is 5.84. The minimum atomic E-state index is -0.972. The highest BCUT2D eigenvalue weighted by atomic mass is 16.6. The fourth-order valence-corrected chi connectivity index (χ4v) is 5.94. The van der Waals surface area contributed by atoms with E-state index in [4.69, 9.17) is 14.2 Å². The topological polar surface area (TPSA) is 101 Å². The van der Waals surface area contributed by atoms with Gasteiger partial charge in [-0.2, -0.15) is 5.26 Å². The predicted molar refractivity (Wildman–Crippen MR) is 136 cm³/mol. The molecule has 0 aromatic heterocycles. The van der Waals surface area contributed by atoms with Crippen LogP contribution in [0.3, 0.4) is 0 Å². The van der Waals surface area contributed by atoms with Gasteiger partial charge < -0.3 is 24.4 Å². The summed E-state index contributed by atoms with van der Waals surface area (Å²) in [6, 6.07) is 10.9. The summed E-state index contributed by atoms with van der Waals surface area (Å²) in [5.41, 5.74) is 1.27. The molecule has 8 nitrogen and oxygen atoms in total. The third-order valence-electron chi connectivity index (χ3n) is 6.86. The minimum absolute atomic E-state index is 0.0464. The van der Waals surface area contributed by atoms with Crippen molar-refractivity contribution in [2.45, 2.75) is 72.1 Å². The Morgan fingerprint density at radius 3 is 2.39 bits per heavy atom. The number of benzene rings is 1. The first-order valence-corrected chi connectivity index (χ1v) is 12.9. The van der Waals surface area contributed by atoms with Gasteiger partial charge in [-0.05, 0) is 48.0 Å². The van der Waals surface area contributed by atoms with E-state index in [0.29, 0.717) is 39.3 Å². The summed E-state index contributed by atoms with van der Waals surface area (Å²) in [6.45, 7) is 11.2. The molecular formula is C28H41N3O5. The summed E-state index contributed by atoms with van der Waals surface area (Å²) in [7, 11) is 0. The van der Waals surface area contributed by atoms with E-state index < -0.39 is 24.1 Å². The van der Waals surface area contributed by atoms with Crippen molar-refractivity contribution in [2.24, 2.45) is 16.7 Å². The summed E-state index contributed by atoms with van der Waals surface area (Å²) in [5, 5.41) is 12.4. The molecule has 1 aliphatic carbocycles. The van der Waals surface area contributed by atoms with Crippen LogP contribution in [0, 0.1) is 28.1 Å². The van der Waals surface area contributed by atoms with E-state index in [9.17, 15) is 14.9 Å². The summed E-state index contributed by atoms with van der Waals surface area (Å²) < 4.78 is 16.8. The van der Waals surface area contributed by atoms with Gasteiger partial charge in [0.15, 0.2) is 6.10 Å². The number of carbonyl (C=O) groups is 2. The van der Waals surface area contributed by atoms with Crippen LogP contribution in [-0.2, 0) is 25.6 Å². The molecule has 1 saturated heterocycles. The zero-order valence-corrected chi connectivity index (χ0v) is 22.1. The molecule has 8 heteroatoms. The lowest BCUT2D eigenvalue weighted by atomic mass is 9.60. The SMILES string of the molecule is CC1(C)CC(CC(OC(=O)N2CCOCC2)C(=O)NC(C#N)COCc2ccccc2)CC(C)(C)C1. The Kier molecular flexibility index (Phi) is 9.75. The molecular weight excluding hydrogens is 458 g/mol. The lowest BCUT2D eigenvalue weighted by Crippen LogP contribution is -2.49. The molecule has 2 unspecified atom stereocenters. The van der Waals surface area contributed by atoms with Crippen LogP contribution in [0.5, 0.6) is 0 Å². The molecule has 1 aromatic carbocycles. The number of amides is 2. The number of hydrogen-bond donors (Lipinski definition) is 1. The average Bonchev–Trinajstić information content (AvgIpc) is 2.82. The van der Waals surface area contributed by atoms with Gasteiger partial charge in [-0.3, -0.25) is 4.79 Å². The first-order chi connectivity index (χ1) is 17.1. The maximum Gasteiger partial charge on any atom is 0.410 e. The van der Waals surface area contributed by atoms with Crippen LogP contribution < -0.4 is 5.32 Å². The van der Waals surface area contributed by atoms with Crippen molar-refractivity contribution < 1.29 is 23.8 Å². The Morgan fingerprint density at radius 1 is 1.14 bits per heavy atom. The normalized spacial score (nSPS) is 21.1. The van der Waals surface area contributed by atoms with Gasteiger partial charge in [0.1, 0.15) is 6.04 Å². The van der Waals surface area contributed by atoms with Gasteiger partial charge >= 0.3 is 6.09 Å². The third-order valence-corrected chi connectivity index (χ3v) is 6.86.